The molecule has 1 heterocycles. The molecule has 0 radical (unpaired) electrons. The Morgan fingerprint density at radius 3 is 2.11 bits per heavy atom. The molecule has 0 unspecified atom stereocenters. The maximum Gasteiger partial charge on any atom is 0.408 e. The van der Waals surface area contributed by atoms with Gasteiger partial charge in [0.15, 0.2) is 0 Å². The molecule has 3 rings (SSSR count). The Labute approximate surface area is 315 Å². The van der Waals surface area contributed by atoms with Crippen molar-refractivity contribution in [2.45, 2.75) is 104 Å². The number of thioether (sulfide) groups is 1. The van der Waals surface area contributed by atoms with Gasteiger partial charge in [-0.05, 0) is 91.0 Å². The molecule has 0 spiro atoms. The molecule has 0 saturated carbocycles. The third-order valence-corrected chi connectivity index (χ3v) is 8.53. The van der Waals surface area contributed by atoms with Crippen molar-refractivity contribution in [3.05, 3.63) is 65.7 Å². The van der Waals surface area contributed by atoms with Gasteiger partial charge in [0.25, 0.3) is 11.8 Å². The lowest BCUT2D eigenvalue weighted by atomic mass is 10.00. The first-order valence-corrected chi connectivity index (χ1v) is 18.8. The second-order valence-electron chi connectivity index (χ2n) is 14.6. The summed E-state index contributed by atoms with van der Waals surface area (Å²) in [7, 11) is 0. The number of hydrogen-bond donors (Lipinski definition) is 4. The highest BCUT2D eigenvalue weighted by atomic mass is 32.2. The van der Waals surface area contributed by atoms with E-state index < -0.39 is 53.5 Å². The van der Waals surface area contributed by atoms with Gasteiger partial charge >= 0.3 is 18.2 Å². The highest BCUT2D eigenvalue weighted by Gasteiger charge is 2.34. The van der Waals surface area contributed by atoms with E-state index in [9.17, 15) is 28.8 Å². The fraction of sp³-hybridized carbons (Fsp3) is 0.526. The van der Waals surface area contributed by atoms with Crippen LogP contribution in [0.25, 0.3) is 0 Å². The number of amides is 5. The van der Waals surface area contributed by atoms with Gasteiger partial charge in [0.2, 0.25) is 12.0 Å². The Bertz CT molecular complexity index is 1570. The number of benzene rings is 2. The molecule has 0 aliphatic carbocycles. The summed E-state index contributed by atoms with van der Waals surface area (Å²) in [5, 5.41) is 11.0. The second kappa shape index (κ2) is 19.9. The summed E-state index contributed by atoms with van der Waals surface area (Å²) in [4.78, 5) is 79.0. The van der Waals surface area contributed by atoms with E-state index in [1.165, 1.54) is 13.0 Å². The van der Waals surface area contributed by atoms with E-state index in [1.54, 1.807) is 76.4 Å². The van der Waals surface area contributed by atoms with E-state index >= 15 is 0 Å². The molecular formula is C38H53N5O9S. The Kier molecular flexibility index (Phi) is 16.0. The molecule has 1 aliphatic heterocycles. The second-order valence-corrected chi connectivity index (χ2v) is 15.7. The molecule has 4 N–H and O–H groups in total. The van der Waals surface area contributed by atoms with Crippen molar-refractivity contribution >= 4 is 53.3 Å². The molecule has 1 fully saturated rings. The quantitative estimate of drug-likeness (QED) is 0.110. The van der Waals surface area contributed by atoms with Crippen molar-refractivity contribution in [2.75, 3.05) is 30.0 Å². The van der Waals surface area contributed by atoms with Gasteiger partial charge in [-0.15, -0.1) is 11.8 Å². The van der Waals surface area contributed by atoms with Crippen LogP contribution in [-0.2, 0) is 35.0 Å². The van der Waals surface area contributed by atoms with Crippen LogP contribution in [0.2, 0.25) is 0 Å². The Morgan fingerprint density at radius 1 is 0.849 bits per heavy atom. The van der Waals surface area contributed by atoms with Crippen molar-refractivity contribution < 1.29 is 43.0 Å². The minimum atomic E-state index is -1.44. The first-order chi connectivity index (χ1) is 24.9. The number of nitrogens with zero attached hydrogens (tertiary/aromatic N) is 1. The van der Waals surface area contributed by atoms with E-state index in [2.05, 4.69) is 21.3 Å². The number of ether oxygens (including phenoxy) is 3. The Hall–Kier alpha value is -4.79. The standard InChI is InChI=1S/C38H53N5O9S/c1-25(44)50-31(30(22-26-14-9-8-10-15-26)42-36(49)52-38(5,6)7)33(46)40-28-17-13-16-27(23-28)32(45)39-19-12-11-18-29(34(47)43-20-21-53-24-43)41-35(48)51-37(2,3)4/h8-10,13-17,23,29-31H,11-12,18-22,24H2,1-7H3,(H,39,45)(H,40,46)(H,41,48)(H,42,49)/t29-,30+,31-/m0/s1. The summed E-state index contributed by atoms with van der Waals surface area (Å²) in [5.74, 6) is -0.580. The van der Waals surface area contributed by atoms with Gasteiger partial charge in [0.1, 0.15) is 17.2 Å². The van der Waals surface area contributed by atoms with Crippen LogP contribution < -0.4 is 21.3 Å². The third kappa shape index (κ3) is 15.8. The van der Waals surface area contributed by atoms with Crippen LogP contribution >= 0.6 is 11.8 Å². The van der Waals surface area contributed by atoms with Gasteiger partial charge in [-0.2, -0.15) is 0 Å². The van der Waals surface area contributed by atoms with Crippen molar-refractivity contribution in [3.63, 3.8) is 0 Å². The van der Waals surface area contributed by atoms with Crippen LogP contribution in [0.5, 0.6) is 0 Å². The first-order valence-electron chi connectivity index (χ1n) is 17.7. The number of carbonyl (C=O) groups excluding carboxylic acids is 6. The third-order valence-electron chi connectivity index (χ3n) is 7.57. The minimum Gasteiger partial charge on any atom is -0.450 e. The zero-order valence-electron chi connectivity index (χ0n) is 31.6. The molecular weight excluding hydrogens is 703 g/mol. The highest BCUT2D eigenvalue weighted by molar-refractivity contribution is 7.99. The normalized spacial score (nSPS) is 14.6. The molecule has 2 aromatic rings. The average molecular weight is 756 g/mol. The largest absolute Gasteiger partial charge is 0.450 e. The number of carbonyl (C=O) groups is 6. The summed E-state index contributed by atoms with van der Waals surface area (Å²) < 4.78 is 16.2. The maximum absolute atomic E-state index is 13.7. The molecule has 5 amide bonds. The molecule has 0 aromatic heterocycles. The van der Waals surface area contributed by atoms with Gasteiger partial charge in [0.05, 0.1) is 11.9 Å². The molecule has 53 heavy (non-hydrogen) atoms. The molecule has 0 bridgehead atoms. The van der Waals surface area contributed by atoms with Crippen LogP contribution in [0.15, 0.2) is 54.6 Å². The van der Waals surface area contributed by atoms with Crippen molar-refractivity contribution in [2.24, 2.45) is 0 Å². The van der Waals surface area contributed by atoms with Crippen molar-refractivity contribution in [3.8, 4) is 0 Å². The molecule has 290 valence electrons. The number of rotatable bonds is 15. The maximum atomic E-state index is 13.7. The lowest BCUT2D eigenvalue weighted by molar-refractivity contribution is -0.153. The smallest absolute Gasteiger partial charge is 0.408 e. The van der Waals surface area contributed by atoms with Crippen LogP contribution in [0.4, 0.5) is 15.3 Å². The Balaban J connectivity index is 1.63. The Morgan fingerprint density at radius 2 is 1.51 bits per heavy atom. The zero-order valence-corrected chi connectivity index (χ0v) is 32.4. The SMILES string of the molecule is CC(=O)O[C@H](C(=O)Nc1cccc(C(=O)NCCCC[C@H](NC(=O)OC(C)(C)C)C(=O)N2CCSC2)c1)[C@@H](Cc1ccccc1)NC(=O)OC(C)(C)C. The van der Waals surface area contributed by atoms with Gasteiger partial charge in [0, 0.05) is 37.0 Å². The molecule has 2 aromatic carbocycles. The van der Waals surface area contributed by atoms with Crippen LogP contribution in [0, 0.1) is 0 Å². The summed E-state index contributed by atoms with van der Waals surface area (Å²) in [5.41, 5.74) is -0.200. The topological polar surface area (TPSA) is 181 Å². The number of nitrogens with one attached hydrogen (secondary N) is 4. The van der Waals surface area contributed by atoms with E-state index in [0.717, 1.165) is 11.3 Å². The predicted octanol–water partition coefficient (Wildman–Crippen LogP) is 5.02. The number of anilines is 1. The van der Waals surface area contributed by atoms with Gasteiger partial charge in [-0.1, -0.05) is 36.4 Å². The lowest BCUT2D eigenvalue weighted by Crippen LogP contribution is -2.52. The molecule has 14 nitrogen and oxygen atoms in total. The van der Waals surface area contributed by atoms with Crippen molar-refractivity contribution in [1.29, 1.82) is 0 Å². The number of hydrogen-bond acceptors (Lipinski definition) is 10. The van der Waals surface area contributed by atoms with Crippen molar-refractivity contribution in [1.82, 2.24) is 20.9 Å². The number of esters is 1. The molecule has 3 atom stereocenters. The number of unbranched alkanes of at least 4 members (excludes halogenated alkanes) is 1. The molecule has 1 aliphatic rings. The van der Waals surface area contributed by atoms with E-state index in [4.69, 9.17) is 14.2 Å². The minimum absolute atomic E-state index is 0.150. The highest BCUT2D eigenvalue weighted by Crippen LogP contribution is 2.18. The van der Waals surface area contributed by atoms with Gasteiger partial charge in [-0.3, -0.25) is 19.2 Å². The summed E-state index contributed by atoms with van der Waals surface area (Å²) in [6.45, 7) is 12.5. The van der Waals surface area contributed by atoms with Crippen LogP contribution in [0.1, 0.15) is 83.7 Å². The van der Waals surface area contributed by atoms with E-state index in [0.29, 0.717) is 38.2 Å². The first kappa shape index (κ1) is 42.6. The fourth-order valence-electron chi connectivity index (χ4n) is 5.30. The monoisotopic (exact) mass is 755 g/mol. The van der Waals surface area contributed by atoms with Gasteiger partial charge < -0.3 is 40.4 Å². The number of alkyl carbamates (subject to hydrolysis) is 2. The summed E-state index contributed by atoms with van der Waals surface area (Å²) in [6, 6.07) is 13.6. The lowest BCUT2D eigenvalue weighted by Gasteiger charge is -2.28. The van der Waals surface area contributed by atoms with E-state index in [1.807, 2.05) is 30.3 Å². The fourth-order valence-corrected chi connectivity index (χ4v) is 6.26. The summed E-state index contributed by atoms with van der Waals surface area (Å²) in [6.07, 6.45) is -1.29. The van der Waals surface area contributed by atoms with Gasteiger partial charge in [-0.25, -0.2) is 9.59 Å². The summed E-state index contributed by atoms with van der Waals surface area (Å²) >= 11 is 1.65. The molecule has 1 saturated heterocycles. The van der Waals surface area contributed by atoms with Crippen LogP contribution in [-0.4, -0.2) is 94.9 Å². The zero-order chi connectivity index (χ0) is 39.2. The van der Waals surface area contributed by atoms with E-state index in [-0.39, 0.29) is 29.5 Å². The predicted molar refractivity (Wildman–Crippen MR) is 202 cm³/mol. The average Bonchev–Trinajstić information content (AvgIpc) is 3.60. The molecule has 15 heteroatoms. The van der Waals surface area contributed by atoms with Crippen LogP contribution in [0.3, 0.4) is 0 Å².